The highest BCUT2D eigenvalue weighted by Gasteiger charge is 2.30. The predicted octanol–water partition coefficient (Wildman–Crippen LogP) is 2.29. The van der Waals surface area contributed by atoms with Crippen molar-refractivity contribution in [3.05, 3.63) is 35.1 Å². The first kappa shape index (κ1) is 14.0. The van der Waals surface area contributed by atoms with Crippen molar-refractivity contribution < 1.29 is 9.50 Å². The molecule has 3 nitrogen and oxygen atoms in total. The summed E-state index contributed by atoms with van der Waals surface area (Å²) in [4.78, 5) is 2.23. The van der Waals surface area contributed by atoms with E-state index in [0.29, 0.717) is 12.1 Å². The Hall–Kier alpha value is -1.44. The van der Waals surface area contributed by atoms with Gasteiger partial charge in [-0.1, -0.05) is 13.0 Å². The molecule has 0 bridgehead atoms. The van der Waals surface area contributed by atoms with Crippen LogP contribution in [-0.4, -0.2) is 29.7 Å². The maximum atomic E-state index is 13.1. The highest BCUT2D eigenvalue weighted by Crippen LogP contribution is 2.29. The molecule has 1 aromatic rings. The van der Waals surface area contributed by atoms with E-state index < -0.39 is 0 Å². The predicted molar refractivity (Wildman–Crippen MR) is 70.8 cm³/mol. The van der Waals surface area contributed by atoms with E-state index in [0.717, 1.165) is 31.5 Å². The van der Waals surface area contributed by atoms with Crippen molar-refractivity contribution >= 4 is 0 Å². The van der Waals surface area contributed by atoms with Gasteiger partial charge in [-0.3, -0.25) is 4.90 Å². The molecule has 1 aromatic carbocycles. The Labute approximate surface area is 113 Å². The van der Waals surface area contributed by atoms with Crippen LogP contribution in [0.25, 0.3) is 0 Å². The molecule has 19 heavy (non-hydrogen) atoms. The minimum Gasteiger partial charge on any atom is -0.396 e. The molecule has 2 rings (SSSR count). The van der Waals surface area contributed by atoms with Crippen molar-refractivity contribution in [1.82, 2.24) is 4.90 Å². The number of hydrogen-bond donors (Lipinski definition) is 1. The molecule has 0 aromatic heterocycles. The lowest BCUT2D eigenvalue weighted by Crippen LogP contribution is -2.43. The van der Waals surface area contributed by atoms with E-state index >= 15 is 0 Å². The first-order valence-electron chi connectivity index (χ1n) is 6.58. The standard InChI is InChI=1S/C15H19FN2O/c1-15(11-19)5-2-6-18(10-15)9-12-3-4-14(16)7-13(12)8-17/h3-4,7,19H,2,5-6,9-11H2,1H3. The van der Waals surface area contributed by atoms with E-state index in [4.69, 9.17) is 5.26 Å². The van der Waals surface area contributed by atoms with Crippen molar-refractivity contribution in [3.8, 4) is 6.07 Å². The third-order valence-electron chi connectivity index (χ3n) is 3.83. The fraction of sp³-hybridized carbons (Fsp3) is 0.533. The lowest BCUT2D eigenvalue weighted by atomic mass is 9.82. The number of piperidine rings is 1. The third-order valence-corrected chi connectivity index (χ3v) is 3.83. The number of hydrogen-bond acceptors (Lipinski definition) is 3. The van der Waals surface area contributed by atoms with Gasteiger partial charge in [-0.05, 0) is 37.1 Å². The maximum absolute atomic E-state index is 13.1. The number of likely N-dealkylation sites (tertiary alicyclic amines) is 1. The third kappa shape index (κ3) is 3.31. The summed E-state index contributed by atoms with van der Waals surface area (Å²) in [5.41, 5.74) is 1.19. The normalized spacial score (nSPS) is 24.1. The molecule has 1 saturated heterocycles. The van der Waals surface area contributed by atoms with Crippen molar-refractivity contribution in [2.75, 3.05) is 19.7 Å². The molecular weight excluding hydrogens is 243 g/mol. The monoisotopic (exact) mass is 262 g/mol. The molecule has 1 fully saturated rings. The highest BCUT2D eigenvalue weighted by atomic mass is 19.1. The van der Waals surface area contributed by atoms with Gasteiger partial charge >= 0.3 is 0 Å². The van der Waals surface area contributed by atoms with Gasteiger partial charge in [0, 0.05) is 25.1 Å². The molecule has 0 aliphatic carbocycles. The van der Waals surface area contributed by atoms with E-state index in [9.17, 15) is 9.50 Å². The molecule has 1 unspecified atom stereocenters. The van der Waals surface area contributed by atoms with Crippen LogP contribution >= 0.6 is 0 Å². The summed E-state index contributed by atoms with van der Waals surface area (Å²) >= 11 is 0. The molecule has 0 saturated carbocycles. The fourth-order valence-electron chi connectivity index (χ4n) is 2.72. The highest BCUT2D eigenvalue weighted by molar-refractivity contribution is 5.37. The summed E-state index contributed by atoms with van der Waals surface area (Å²) in [6, 6.07) is 6.40. The lowest BCUT2D eigenvalue weighted by molar-refractivity contribution is 0.0429. The second kappa shape index (κ2) is 5.68. The van der Waals surface area contributed by atoms with Gasteiger partial charge in [-0.2, -0.15) is 5.26 Å². The Morgan fingerprint density at radius 3 is 3.00 bits per heavy atom. The molecule has 1 aliphatic rings. The molecule has 1 aliphatic heterocycles. The number of halogens is 1. The van der Waals surface area contributed by atoms with Gasteiger partial charge in [0.25, 0.3) is 0 Å². The van der Waals surface area contributed by atoms with Gasteiger partial charge in [0.15, 0.2) is 0 Å². The molecule has 1 heterocycles. The smallest absolute Gasteiger partial charge is 0.124 e. The zero-order chi connectivity index (χ0) is 13.9. The summed E-state index contributed by atoms with van der Waals surface area (Å²) in [5, 5.41) is 18.5. The van der Waals surface area contributed by atoms with Gasteiger partial charge in [0.1, 0.15) is 5.82 Å². The van der Waals surface area contributed by atoms with Crippen molar-refractivity contribution in [1.29, 1.82) is 5.26 Å². The Balaban J connectivity index is 2.11. The molecular formula is C15H19FN2O. The van der Waals surface area contributed by atoms with E-state index in [1.165, 1.54) is 12.1 Å². The molecule has 4 heteroatoms. The topological polar surface area (TPSA) is 47.3 Å². The SMILES string of the molecule is CC1(CO)CCCN(Cc2ccc(F)cc2C#N)C1. The van der Waals surface area contributed by atoms with Crippen LogP contribution in [0.4, 0.5) is 4.39 Å². The summed E-state index contributed by atoms with van der Waals surface area (Å²) in [6.07, 6.45) is 2.06. The second-order valence-electron chi connectivity index (χ2n) is 5.70. The summed E-state index contributed by atoms with van der Waals surface area (Å²) in [5.74, 6) is -0.376. The lowest BCUT2D eigenvalue weighted by Gasteiger charge is -2.39. The average Bonchev–Trinajstić information content (AvgIpc) is 2.41. The molecule has 1 atom stereocenters. The number of rotatable bonds is 3. The second-order valence-corrected chi connectivity index (χ2v) is 5.70. The van der Waals surface area contributed by atoms with Crippen LogP contribution in [-0.2, 0) is 6.54 Å². The average molecular weight is 262 g/mol. The molecule has 1 N–H and O–H groups in total. The van der Waals surface area contributed by atoms with E-state index in [-0.39, 0.29) is 17.8 Å². The summed E-state index contributed by atoms with van der Waals surface area (Å²) in [7, 11) is 0. The van der Waals surface area contributed by atoms with Crippen LogP contribution in [0.5, 0.6) is 0 Å². The summed E-state index contributed by atoms with van der Waals surface area (Å²) in [6.45, 7) is 4.66. The Kier molecular flexibility index (Phi) is 4.18. The van der Waals surface area contributed by atoms with Crippen molar-refractivity contribution in [2.24, 2.45) is 5.41 Å². The van der Waals surface area contributed by atoms with E-state index in [1.54, 1.807) is 6.07 Å². The number of aliphatic hydroxyl groups is 1. The van der Waals surface area contributed by atoms with Gasteiger partial charge in [0.05, 0.1) is 11.6 Å². The number of benzene rings is 1. The summed E-state index contributed by atoms with van der Waals surface area (Å²) < 4.78 is 13.1. The van der Waals surface area contributed by atoms with Gasteiger partial charge in [-0.15, -0.1) is 0 Å². The number of aliphatic hydroxyl groups excluding tert-OH is 1. The van der Waals surface area contributed by atoms with Crippen LogP contribution in [0.15, 0.2) is 18.2 Å². The van der Waals surface area contributed by atoms with Gasteiger partial charge < -0.3 is 5.11 Å². The number of nitrogens with zero attached hydrogens (tertiary/aromatic N) is 2. The van der Waals surface area contributed by atoms with Crippen LogP contribution < -0.4 is 0 Å². The Bertz CT molecular complexity index is 497. The first-order chi connectivity index (χ1) is 9.06. The van der Waals surface area contributed by atoms with Crippen LogP contribution in [0.3, 0.4) is 0 Å². The van der Waals surface area contributed by atoms with Gasteiger partial charge in [-0.25, -0.2) is 4.39 Å². The fourth-order valence-corrected chi connectivity index (χ4v) is 2.72. The van der Waals surface area contributed by atoms with Crippen molar-refractivity contribution in [3.63, 3.8) is 0 Å². The van der Waals surface area contributed by atoms with Crippen LogP contribution in [0.1, 0.15) is 30.9 Å². The van der Waals surface area contributed by atoms with Gasteiger partial charge in [0.2, 0.25) is 0 Å². The first-order valence-corrected chi connectivity index (χ1v) is 6.58. The minimum atomic E-state index is -0.376. The van der Waals surface area contributed by atoms with E-state index in [1.807, 2.05) is 6.07 Å². The molecule has 0 spiro atoms. The van der Waals surface area contributed by atoms with Crippen LogP contribution in [0, 0.1) is 22.6 Å². The Morgan fingerprint density at radius 2 is 2.32 bits per heavy atom. The molecule has 102 valence electrons. The van der Waals surface area contributed by atoms with Crippen LogP contribution in [0.2, 0.25) is 0 Å². The number of nitriles is 1. The molecule has 0 amide bonds. The Morgan fingerprint density at radius 1 is 1.53 bits per heavy atom. The minimum absolute atomic E-state index is 0.0644. The van der Waals surface area contributed by atoms with Crippen molar-refractivity contribution in [2.45, 2.75) is 26.3 Å². The maximum Gasteiger partial charge on any atom is 0.124 e. The largest absolute Gasteiger partial charge is 0.396 e. The quantitative estimate of drug-likeness (QED) is 0.909. The zero-order valence-electron chi connectivity index (χ0n) is 11.2. The zero-order valence-corrected chi connectivity index (χ0v) is 11.2. The van der Waals surface area contributed by atoms with E-state index in [2.05, 4.69) is 11.8 Å². The molecule has 0 radical (unpaired) electrons.